The zero-order valence-electron chi connectivity index (χ0n) is 13.9. The lowest BCUT2D eigenvalue weighted by Gasteiger charge is -2.11. The minimum absolute atomic E-state index is 0.00129. The van der Waals surface area contributed by atoms with E-state index in [1.807, 2.05) is 13.0 Å². The molecule has 2 rings (SSSR count). The fourth-order valence-electron chi connectivity index (χ4n) is 1.92. The van der Waals surface area contributed by atoms with Crippen LogP contribution in [-0.2, 0) is 16.0 Å². The highest BCUT2D eigenvalue weighted by Crippen LogP contribution is 2.06. The summed E-state index contributed by atoms with van der Waals surface area (Å²) in [6, 6.07) is 11.1. The van der Waals surface area contributed by atoms with Gasteiger partial charge in [0.25, 0.3) is 11.9 Å². The van der Waals surface area contributed by atoms with Gasteiger partial charge in [0, 0.05) is 12.8 Å². The van der Waals surface area contributed by atoms with E-state index in [1.54, 1.807) is 24.4 Å². The molecule has 6 nitrogen and oxygen atoms in total. The second-order valence-corrected chi connectivity index (χ2v) is 4.92. The molecule has 1 heterocycles. The van der Waals surface area contributed by atoms with E-state index in [-0.39, 0.29) is 24.7 Å². The molecule has 25 heavy (non-hydrogen) atoms. The third-order valence-corrected chi connectivity index (χ3v) is 3.12. The number of carbonyl (C=O) groups is 1. The average molecular weight is 345 g/mol. The SMILES string of the molecule is CCOCCOC(=NCc1ccccn1)NC(=O)c1ccccc1F. The average Bonchev–Trinajstić information content (AvgIpc) is 2.64. The quantitative estimate of drug-likeness (QED) is 0.475. The van der Waals surface area contributed by atoms with E-state index in [4.69, 9.17) is 9.47 Å². The van der Waals surface area contributed by atoms with Crippen molar-refractivity contribution in [1.82, 2.24) is 10.3 Å². The summed E-state index contributed by atoms with van der Waals surface area (Å²) in [5, 5.41) is 2.49. The number of amides is 1. The Hall–Kier alpha value is -2.80. The number of aliphatic imine (C=N–C) groups is 1. The number of aromatic nitrogens is 1. The molecule has 0 radical (unpaired) electrons. The number of halogens is 1. The van der Waals surface area contributed by atoms with Gasteiger partial charge in [0.15, 0.2) is 0 Å². The summed E-state index contributed by atoms with van der Waals surface area (Å²) in [7, 11) is 0. The highest BCUT2D eigenvalue weighted by atomic mass is 19.1. The second-order valence-electron chi connectivity index (χ2n) is 4.92. The largest absolute Gasteiger partial charge is 0.463 e. The summed E-state index contributed by atoms with van der Waals surface area (Å²) in [6.07, 6.45) is 1.65. The van der Waals surface area contributed by atoms with Gasteiger partial charge < -0.3 is 9.47 Å². The van der Waals surface area contributed by atoms with Crippen molar-refractivity contribution in [2.45, 2.75) is 13.5 Å². The lowest BCUT2D eigenvalue weighted by molar-refractivity contribution is 0.0919. The van der Waals surface area contributed by atoms with Gasteiger partial charge in [-0.15, -0.1) is 0 Å². The van der Waals surface area contributed by atoms with Crippen LogP contribution in [0.2, 0.25) is 0 Å². The van der Waals surface area contributed by atoms with Crippen LogP contribution in [0.5, 0.6) is 0 Å². The molecule has 1 amide bonds. The van der Waals surface area contributed by atoms with E-state index in [0.717, 1.165) is 0 Å². The van der Waals surface area contributed by atoms with Crippen molar-refractivity contribution in [1.29, 1.82) is 0 Å². The maximum atomic E-state index is 13.7. The second kappa shape index (κ2) is 10.1. The smallest absolute Gasteiger partial charge is 0.292 e. The molecule has 1 N–H and O–H groups in total. The summed E-state index contributed by atoms with van der Waals surface area (Å²) < 4.78 is 24.4. The Bertz CT molecular complexity index is 708. The predicted octanol–water partition coefficient (Wildman–Crippen LogP) is 2.56. The number of nitrogens with zero attached hydrogens (tertiary/aromatic N) is 2. The summed E-state index contributed by atoms with van der Waals surface area (Å²) in [5.74, 6) is -1.24. The van der Waals surface area contributed by atoms with Crippen molar-refractivity contribution in [2.75, 3.05) is 19.8 Å². The zero-order valence-corrected chi connectivity index (χ0v) is 13.9. The molecular weight excluding hydrogens is 325 g/mol. The molecule has 1 aromatic carbocycles. The van der Waals surface area contributed by atoms with Crippen LogP contribution in [0.4, 0.5) is 4.39 Å². The van der Waals surface area contributed by atoms with Crippen LogP contribution >= 0.6 is 0 Å². The Morgan fingerprint density at radius 2 is 2.00 bits per heavy atom. The summed E-state index contributed by atoms with van der Waals surface area (Å²) >= 11 is 0. The van der Waals surface area contributed by atoms with Crippen LogP contribution in [-0.4, -0.2) is 36.7 Å². The number of amidine groups is 1. The molecule has 0 bridgehead atoms. The molecule has 1 aromatic heterocycles. The first kappa shape index (κ1) is 18.5. The van der Waals surface area contributed by atoms with Crippen LogP contribution in [0.1, 0.15) is 23.0 Å². The third kappa shape index (κ3) is 6.31. The van der Waals surface area contributed by atoms with E-state index >= 15 is 0 Å². The molecule has 0 atom stereocenters. The fraction of sp³-hybridized carbons (Fsp3) is 0.278. The summed E-state index contributed by atoms with van der Waals surface area (Å²) in [5.41, 5.74) is 0.634. The fourth-order valence-corrected chi connectivity index (χ4v) is 1.92. The Morgan fingerprint density at radius 1 is 1.20 bits per heavy atom. The van der Waals surface area contributed by atoms with Gasteiger partial charge in [-0.2, -0.15) is 0 Å². The van der Waals surface area contributed by atoms with E-state index in [2.05, 4.69) is 15.3 Å². The molecule has 7 heteroatoms. The Labute approximate surface area is 145 Å². The zero-order chi connectivity index (χ0) is 17.9. The van der Waals surface area contributed by atoms with Crippen molar-refractivity contribution < 1.29 is 18.7 Å². The number of carbonyl (C=O) groups excluding carboxylic acids is 1. The van der Waals surface area contributed by atoms with Crippen molar-refractivity contribution in [3.05, 3.63) is 65.7 Å². The molecule has 0 unspecified atom stereocenters. The van der Waals surface area contributed by atoms with Gasteiger partial charge in [-0.25, -0.2) is 9.38 Å². The van der Waals surface area contributed by atoms with Gasteiger partial charge in [-0.1, -0.05) is 18.2 Å². The molecule has 0 spiro atoms. The van der Waals surface area contributed by atoms with E-state index in [1.165, 1.54) is 18.2 Å². The van der Waals surface area contributed by atoms with Gasteiger partial charge in [-0.05, 0) is 31.2 Å². The first-order chi connectivity index (χ1) is 12.2. The molecule has 2 aromatic rings. The lowest BCUT2D eigenvalue weighted by atomic mass is 10.2. The number of benzene rings is 1. The highest BCUT2D eigenvalue weighted by molar-refractivity contribution is 6.04. The normalized spacial score (nSPS) is 11.2. The number of hydrogen-bond donors (Lipinski definition) is 1. The molecule has 0 aliphatic heterocycles. The number of nitrogens with one attached hydrogen (secondary N) is 1. The van der Waals surface area contributed by atoms with Gasteiger partial charge in [0.1, 0.15) is 12.4 Å². The van der Waals surface area contributed by atoms with Crippen LogP contribution in [0, 0.1) is 5.82 Å². The Kier molecular flexibility index (Phi) is 7.52. The van der Waals surface area contributed by atoms with Gasteiger partial charge in [0.05, 0.1) is 24.4 Å². The van der Waals surface area contributed by atoms with Crippen molar-refractivity contribution in [3.8, 4) is 0 Å². The van der Waals surface area contributed by atoms with E-state index in [9.17, 15) is 9.18 Å². The first-order valence-corrected chi connectivity index (χ1v) is 7.91. The topological polar surface area (TPSA) is 72.8 Å². The maximum Gasteiger partial charge on any atom is 0.292 e. The van der Waals surface area contributed by atoms with Crippen molar-refractivity contribution in [2.24, 2.45) is 4.99 Å². The lowest BCUT2D eigenvalue weighted by Crippen LogP contribution is -2.34. The number of hydrogen-bond acceptors (Lipinski definition) is 5. The third-order valence-electron chi connectivity index (χ3n) is 3.12. The van der Waals surface area contributed by atoms with Crippen molar-refractivity contribution in [3.63, 3.8) is 0 Å². The van der Waals surface area contributed by atoms with Crippen LogP contribution < -0.4 is 5.32 Å². The monoisotopic (exact) mass is 345 g/mol. The highest BCUT2D eigenvalue weighted by Gasteiger charge is 2.14. The van der Waals surface area contributed by atoms with E-state index < -0.39 is 11.7 Å². The molecule has 0 saturated heterocycles. The minimum Gasteiger partial charge on any atom is -0.463 e. The van der Waals surface area contributed by atoms with Crippen LogP contribution in [0.15, 0.2) is 53.7 Å². The van der Waals surface area contributed by atoms with Crippen molar-refractivity contribution >= 4 is 11.9 Å². The maximum absolute atomic E-state index is 13.7. The number of pyridine rings is 1. The molecule has 0 aliphatic rings. The summed E-state index contributed by atoms with van der Waals surface area (Å²) in [4.78, 5) is 20.6. The molecule has 0 saturated carbocycles. The number of rotatable bonds is 7. The molecular formula is C18H20FN3O3. The van der Waals surface area contributed by atoms with Gasteiger partial charge in [0.2, 0.25) is 0 Å². The predicted molar refractivity (Wildman–Crippen MR) is 91.7 cm³/mol. The van der Waals surface area contributed by atoms with Gasteiger partial charge >= 0.3 is 0 Å². The minimum atomic E-state index is -0.630. The molecule has 0 fully saturated rings. The van der Waals surface area contributed by atoms with Gasteiger partial charge in [-0.3, -0.25) is 15.1 Å². The molecule has 132 valence electrons. The van der Waals surface area contributed by atoms with Crippen LogP contribution in [0.25, 0.3) is 0 Å². The summed E-state index contributed by atoms with van der Waals surface area (Å²) in [6.45, 7) is 3.23. The van der Waals surface area contributed by atoms with Crippen LogP contribution in [0.3, 0.4) is 0 Å². The number of ether oxygens (including phenoxy) is 2. The first-order valence-electron chi connectivity index (χ1n) is 7.91. The molecule has 0 aliphatic carbocycles. The van der Waals surface area contributed by atoms with E-state index in [0.29, 0.717) is 18.9 Å². The Balaban J connectivity index is 2.05. The standard InChI is InChI=1S/C18H20FN3O3/c1-2-24-11-12-25-18(21-13-14-7-5-6-10-20-14)22-17(23)15-8-3-4-9-16(15)19/h3-10H,2,11-13H2,1H3,(H,21,22,23). The Morgan fingerprint density at radius 3 is 2.72 bits per heavy atom.